The molecular weight excluding hydrogens is 432 g/mol. The van der Waals surface area contributed by atoms with E-state index in [0.29, 0.717) is 12.8 Å². The highest BCUT2D eigenvalue weighted by Gasteiger charge is 2.29. The smallest absolute Gasteiger partial charge is 0.407 e. The SMILES string of the molecule is CCC(CCC(=O)N[C@H](CC(=O)O)C(C)C)NC(=O)OCC1c2ccccc2-c2ccccc21. The highest BCUT2D eigenvalue weighted by molar-refractivity contribution is 5.79. The fourth-order valence-electron chi connectivity index (χ4n) is 4.41. The number of hydrogen-bond acceptors (Lipinski definition) is 4. The standard InChI is InChI=1S/C27H34N2O5/c1-4-18(13-14-25(30)29-24(17(2)3)15-26(31)32)28-27(33)34-16-23-21-11-7-5-9-19(21)20-10-6-8-12-22(20)23/h5-12,17-18,23-24H,4,13-16H2,1-3H3,(H,28,33)(H,29,30)(H,31,32)/t18?,24-/m1/s1. The molecule has 7 nitrogen and oxygen atoms in total. The molecule has 0 fully saturated rings. The lowest BCUT2D eigenvalue weighted by Crippen LogP contribution is -2.41. The maximum atomic E-state index is 12.5. The molecule has 34 heavy (non-hydrogen) atoms. The van der Waals surface area contributed by atoms with E-state index in [1.54, 1.807) is 0 Å². The summed E-state index contributed by atoms with van der Waals surface area (Å²) in [6, 6.07) is 15.7. The molecule has 0 bridgehead atoms. The van der Waals surface area contributed by atoms with E-state index in [9.17, 15) is 14.4 Å². The van der Waals surface area contributed by atoms with Gasteiger partial charge in [-0.15, -0.1) is 0 Å². The quantitative estimate of drug-likeness (QED) is 0.445. The first-order valence-corrected chi connectivity index (χ1v) is 11.9. The van der Waals surface area contributed by atoms with Gasteiger partial charge in [-0.25, -0.2) is 4.79 Å². The van der Waals surface area contributed by atoms with Crippen molar-refractivity contribution in [1.29, 1.82) is 0 Å². The van der Waals surface area contributed by atoms with E-state index in [0.717, 1.165) is 11.1 Å². The first-order valence-electron chi connectivity index (χ1n) is 11.9. The minimum atomic E-state index is -0.942. The molecule has 0 aromatic heterocycles. The van der Waals surface area contributed by atoms with Crippen LogP contribution in [-0.2, 0) is 14.3 Å². The highest BCUT2D eigenvalue weighted by atomic mass is 16.5. The summed E-state index contributed by atoms with van der Waals surface area (Å²) >= 11 is 0. The average molecular weight is 467 g/mol. The number of carbonyl (C=O) groups excluding carboxylic acids is 2. The number of rotatable bonds is 11. The van der Waals surface area contributed by atoms with Crippen LogP contribution >= 0.6 is 0 Å². The Hall–Kier alpha value is -3.35. The summed E-state index contributed by atoms with van der Waals surface area (Å²) in [4.78, 5) is 35.9. The van der Waals surface area contributed by atoms with Crippen molar-refractivity contribution in [3.05, 3.63) is 59.7 Å². The van der Waals surface area contributed by atoms with Crippen molar-refractivity contribution in [2.24, 2.45) is 5.92 Å². The Bertz CT molecular complexity index is 974. The van der Waals surface area contributed by atoms with E-state index in [1.807, 2.05) is 45.0 Å². The molecule has 1 aliphatic rings. The van der Waals surface area contributed by atoms with E-state index in [1.165, 1.54) is 11.1 Å². The van der Waals surface area contributed by atoms with Crippen LogP contribution in [0.15, 0.2) is 48.5 Å². The van der Waals surface area contributed by atoms with Gasteiger partial charge < -0.3 is 20.5 Å². The molecule has 2 aromatic rings. The second-order valence-electron chi connectivity index (χ2n) is 9.13. The van der Waals surface area contributed by atoms with E-state index in [4.69, 9.17) is 9.84 Å². The van der Waals surface area contributed by atoms with E-state index in [2.05, 4.69) is 34.9 Å². The molecule has 0 heterocycles. The zero-order valence-electron chi connectivity index (χ0n) is 20.0. The Kier molecular flexibility index (Phi) is 8.68. The highest BCUT2D eigenvalue weighted by Crippen LogP contribution is 2.44. The number of ether oxygens (including phenoxy) is 1. The lowest BCUT2D eigenvalue weighted by atomic mass is 9.98. The van der Waals surface area contributed by atoms with E-state index in [-0.39, 0.29) is 43.2 Å². The minimum Gasteiger partial charge on any atom is -0.481 e. The van der Waals surface area contributed by atoms with Gasteiger partial charge in [-0.1, -0.05) is 69.3 Å². The first-order chi connectivity index (χ1) is 16.3. The van der Waals surface area contributed by atoms with Crippen molar-refractivity contribution in [2.75, 3.05) is 6.61 Å². The third-order valence-electron chi connectivity index (χ3n) is 6.42. The van der Waals surface area contributed by atoms with Crippen molar-refractivity contribution < 1.29 is 24.2 Å². The molecule has 1 aliphatic carbocycles. The monoisotopic (exact) mass is 466 g/mol. The van der Waals surface area contributed by atoms with Crippen molar-refractivity contribution in [3.8, 4) is 11.1 Å². The average Bonchev–Trinajstić information content (AvgIpc) is 3.13. The van der Waals surface area contributed by atoms with Gasteiger partial charge in [0.25, 0.3) is 0 Å². The van der Waals surface area contributed by atoms with Crippen molar-refractivity contribution >= 4 is 18.0 Å². The van der Waals surface area contributed by atoms with Gasteiger partial charge in [0.15, 0.2) is 0 Å². The van der Waals surface area contributed by atoms with Crippen LogP contribution in [0.25, 0.3) is 11.1 Å². The molecule has 2 amide bonds. The van der Waals surface area contributed by atoms with Crippen LogP contribution in [0.1, 0.15) is 63.5 Å². The largest absolute Gasteiger partial charge is 0.481 e. The zero-order chi connectivity index (χ0) is 24.7. The van der Waals surface area contributed by atoms with E-state index >= 15 is 0 Å². The molecule has 2 atom stereocenters. The van der Waals surface area contributed by atoms with Gasteiger partial charge in [-0.05, 0) is 41.0 Å². The van der Waals surface area contributed by atoms with Crippen LogP contribution in [0.2, 0.25) is 0 Å². The Morgan fingerprint density at radius 1 is 0.971 bits per heavy atom. The Labute approximate surface area is 200 Å². The number of nitrogens with one attached hydrogen (secondary N) is 2. The molecule has 0 aliphatic heterocycles. The summed E-state index contributed by atoms with van der Waals surface area (Å²) in [5.74, 6) is -1.15. The number of carbonyl (C=O) groups is 3. The number of carboxylic acids is 1. The number of amides is 2. The predicted octanol–water partition coefficient (Wildman–Crippen LogP) is 4.70. The predicted molar refractivity (Wildman–Crippen MR) is 131 cm³/mol. The second kappa shape index (κ2) is 11.7. The minimum absolute atomic E-state index is 0.00814. The molecule has 3 rings (SSSR count). The van der Waals surface area contributed by atoms with Crippen molar-refractivity contribution in [3.63, 3.8) is 0 Å². The Balaban J connectivity index is 1.50. The van der Waals surface area contributed by atoms with Gasteiger partial charge in [-0.3, -0.25) is 9.59 Å². The van der Waals surface area contributed by atoms with Gasteiger partial charge in [0, 0.05) is 24.4 Å². The molecule has 1 unspecified atom stereocenters. The van der Waals surface area contributed by atoms with Crippen LogP contribution in [0, 0.1) is 5.92 Å². The number of hydrogen-bond donors (Lipinski definition) is 3. The number of aliphatic carboxylic acids is 1. The van der Waals surface area contributed by atoms with Crippen LogP contribution in [0.3, 0.4) is 0 Å². The van der Waals surface area contributed by atoms with Gasteiger partial charge in [0.05, 0.1) is 6.42 Å². The van der Waals surface area contributed by atoms with Crippen LogP contribution in [-0.4, -0.2) is 41.8 Å². The molecule has 2 aromatic carbocycles. The van der Waals surface area contributed by atoms with Crippen molar-refractivity contribution in [2.45, 2.75) is 64.5 Å². The zero-order valence-corrected chi connectivity index (χ0v) is 20.0. The number of alkyl carbamates (subject to hydrolysis) is 1. The number of carboxylic acid groups (broad SMARTS) is 1. The second-order valence-corrected chi connectivity index (χ2v) is 9.13. The molecule has 0 spiro atoms. The molecule has 182 valence electrons. The number of fused-ring (bicyclic) bond motifs is 3. The summed E-state index contributed by atoms with van der Waals surface area (Å²) in [7, 11) is 0. The molecule has 3 N–H and O–H groups in total. The first kappa shape index (κ1) is 25.3. The third kappa shape index (κ3) is 6.37. The Morgan fingerprint density at radius 3 is 2.09 bits per heavy atom. The summed E-state index contributed by atoms with van der Waals surface area (Å²) < 4.78 is 5.60. The van der Waals surface area contributed by atoms with Gasteiger partial charge in [0.2, 0.25) is 5.91 Å². The summed E-state index contributed by atoms with van der Waals surface area (Å²) in [6.45, 7) is 5.93. The third-order valence-corrected chi connectivity index (χ3v) is 6.42. The van der Waals surface area contributed by atoms with Crippen LogP contribution in [0.5, 0.6) is 0 Å². The summed E-state index contributed by atoms with van der Waals surface area (Å²) in [5.41, 5.74) is 4.65. The maximum Gasteiger partial charge on any atom is 0.407 e. The fourth-order valence-corrected chi connectivity index (χ4v) is 4.41. The van der Waals surface area contributed by atoms with Crippen LogP contribution in [0.4, 0.5) is 4.79 Å². The maximum absolute atomic E-state index is 12.5. The molecule has 0 saturated carbocycles. The number of benzene rings is 2. The normalized spacial score (nSPS) is 14.1. The Morgan fingerprint density at radius 2 is 1.56 bits per heavy atom. The molecule has 7 heteroatoms. The van der Waals surface area contributed by atoms with E-state index < -0.39 is 18.1 Å². The van der Waals surface area contributed by atoms with Gasteiger partial charge in [-0.2, -0.15) is 0 Å². The molecule has 0 saturated heterocycles. The van der Waals surface area contributed by atoms with Crippen LogP contribution < -0.4 is 10.6 Å². The van der Waals surface area contributed by atoms with Gasteiger partial charge >= 0.3 is 12.1 Å². The lowest BCUT2D eigenvalue weighted by Gasteiger charge is -2.22. The lowest BCUT2D eigenvalue weighted by molar-refractivity contribution is -0.138. The molecular formula is C27H34N2O5. The fraction of sp³-hybridized carbons (Fsp3) is 0.444. The summed E-state index contributed by atoms with van der Waals surface area (Å²) in [6.07, 6.45) is 0.689. The topological polar surface area (TPSA) is 105 Å². The van der Waals surface area contributed by atoms with Crippen molar-refractivity contribution in [1.82, 2.24) is 10.6 Å². The molecule has 0 radical (unpaired) electrons. The summed E-state index contributed by atoms with van der Waals surface area (Å²) in [5, 5.41) is 14.7. The van der Waals surface area contributed by atoms with Gasteiger partial charge in [0.1, 0.15) is 6.61 Å².